The van der Waals surface area contributed by atoms with Gasteiger partial charge in [0.05, 0.1) is 10.6 Å². The number of para-hydroxylation sites is 1. The molecule has 0 spiro atoms. The van der Waals surface area contributed by atoms with Crippen molar-refractivity contribution in [1.29, 1.82) is 0 Å². The minimum Gasteiger partial charge on any atom is -0.380 e. The molecule has 3 nitrogen and oxygen atoms in total. The van der Waals surface area contributed by atoms with Crippen LogP contribution < -0.4 is 5.32 Å². The molecule has 0 bridgehead atoms. The highest BCUT2D eigenvalue weighted by Crippen LogP contribution is 2.25. The monoisotopic (exact) mass is 373 g/mol. The summed E-state index contributed by atoms with van der Waals surface area (Å²) in [6.45, 7) is 0.504. The summed E-state index contributed by atoms with van der Waals surface area (Å²) in [6.07, 6.45) is 1.20. The summed E-state index contributed by atoms with van der Waals surface area (Å²) in [5.41, 5.74) is 1.59. The third-order valence-corrected chi connectivity index (χ3v) is 4.90. The Morgan fingerprint density at radius 2 is 1.90 bits per heavy atom. The van der Waals surface area contributed by atoms with Crippen LogP contribution in [0.3, 0.4) is 0 Å². The zero-order valence-electron chi connectivity index (χ0n) is 10.7. The molecule has 0 saturated heterocycles. The Morgan fingerprint density at radius 3 is 2.55 bits per heavy atom. The number of hydrogen-bond acceptors (Lipinski definition) is 3. The highest BCUT2D eigenvalue weighted by atomic mass is 79.9. The predicted molar refractivity (Wildman–Crippen MR) is 86.0 cm³/mol. The molecule has 106 valence electrons. The molecule has 0 saturated carbocycles. The molecule has 20 heavy (non-hydrogen) atoms. The number of anilines is 1. The van der Waals surface area contributed by atoms with Gasteiger partial charge in [0.2, 0.25) is 0 Å². The lowest BCUT2D eigenvalue weighted by Crippen LogP contribution is -2.06. The van der Waals surface area contributed by atoms with Crippen molar-refractivity contribution in [2.45, 2.75) is 11.4 Å². The van der Waals surface area contributed by atoms with E-state index in [9.17, 15) is 8.42 Å². The van der Waals surface area contributed by atoms with E-state index in [-0.39, 0.29) is 0 Å². The summed E-state index contributed by atoms with van der Waals surface area (Å²) < 4.78 is 24.3. The normalized spacial score (nSPS) is 11.3. The molecule has 0 amide bonds. The maximum Gasteiger partial charge on any atom is 0.177 e. The fourth-order valence-electron chi connectivity index (χ4n) is 1.79. The maximum absolute atomic E-state index is 11.7. The molecule has 0 aliphatic rings. The molecule has 0 atom stereocenters. The van der Waals surface area contributed by atoms with Gasteiger partial charge in [0.15, 0.2) is 9.84 Å². The zero-order chi connectivity index (χ0) is 14.8. The standard InChI is InChI=1S/C14H13BrClNO2S/c1-20(18,19)14-5-3-2-4-13(14)17-9-10-6-7-11(16)8-12(10)15/h2-8,17H,9H2,1H3. The third kappa shape index (κ3) is 3.75. The van der Waals surface area contributed by atoms with Gasteiger partial charge in [0.25, 0.3) is 0 Å². The van der Waals surface area contributed by atoms with E-state index in [1.54, 1.807) is 36.4 Å². The number of hydrogen-bond donors (Lipinski definition) is 1. The Hall–Kier alpha value is -1.04. The smallest absolute Gasteiger partial charge is 0.177 e. The van der Waals surface area contributed by atoms with E-state index in [4.69, 9.17) is 11.6 Å². The van der Waals surface area contributed by atoms with E-state index in [0.29, 0.717) is 22.2 Å². The molecule has 0 radical (unpaired) electrons. The summed E-state index contributed by atoms with van der Waals surface area (Å²) in [5, 5.41) is 3.79. The second-order valence-electron chi connectivity index (χ2n) is 4.36. The second-order valence-corrected chi connectivity index (χ2v) is 7.63. The Kier molecular flexibility index (Phi) is 4.73. The first-order valence-corrected chi connectivity index (χ1v) is 8.91. The number of nitrogens with one attached hydrogen (secondary N) is 1. The molecule has 0 fully saturated rings. The van der Waals surface area contributed by atoms with Gasteiger partial charge >= 0.3 is 0 Å². The summed E-state index contributed by atoms with van der Waals surface area (Å²) in [6, 6.07) is 12.3. The molecule has 2 rings (SSSR count). The lowest BCUT2D eigenvalue weighted by Gasteiger charge is -2.12. The Bertz CT molecular complexity index is 732. The first kappa shape index (κ1) is 15.4. The molecular weight excluding hydrogens is 362 g/mol. The maximum atomic E-state index is 11.7. The lowest BCUT2D eigenvalue weighted by molar-refractivity contribution is 0.602. The zero-order valence-corrected chi connectivity index (χ0v) is 13.9. The van der Waals surface area contributed by atoms with Crippen LogP contribution in [0, 0.1) is 0 Å². The van der Waals surface area contributed by atoms with Gasteiger partial charge in [-0.2, -0.15) is 0 Å². The van der Waals surface area contributed by atoms with Crippen LogP contribution in [0.4, 0.5) is 5.69 Å². The highest BCUT2D eigenvalue weighted by molar-refractivity contribution is 9.10. The van der Waals surface area contributed by atoms with Gasteiger partial charge in [-0.25, -0.2) is 8.42 Å². The summed E-state index contributed by atoms with van der Waals surface area (Å²) >= 11 is 9.33. The summed E-state index contributed by atoms with van der Waals surface area (Å²) in [7, 11) is -3.25. The average Bonchev–Trinajstić information content (AvgIpc) is 2.37. The van der Waals surface area contributed by atoms with Crippen molar-refractivity contribution >= 4 is 43.1 Å². The van der Waals surface area contributed by atoms with E-state index < -0.39 is 9.84 Å². The van der Waals surface area contributed by atoms with Crippen molar-refractivity contribution in [2.75, 3.05) is 11.6 Å². The van der Waals surface area contributed by atoms with E-state index in [1.165, 1.54) is 6.26 Å². The molecule has 0 unspecified atom stereocenters. The van der Waals surface area contributed by atoms with E-state index in [2.05, 4.69) is 21.2 Å². The van der Waals surface area contributed by atoms with Crippen LogP contribution >= 0.6 is 27.5 Å². The van der Waals surface area contributed by atoms with Gasteiger partial charge in [0.1, 0.15) is 0 Å². The molecule has 2 aromatic rings. The first-order chi connectivity index (χ1) is 9.38. The van der Waals surface area contributed by atoms with Crippen molar-refractivity contribution in [2.24, 2.45) is 0 Å². The first-order valence-electron chi connectivity index (χ1n) is 5.85. The minimum atomic E-state index is -3.25. The van der Waals surface area contributed by atoms with Crippen LogP contribution in [0.2, 0.25) is 5.02 Å². The van der Waals surface area contributed by atoms with Gasteiger partial charge < -0.3 is 5.32 Å². The highest BCUT2D eigenvalue weighted by Gasteiger charge is 2.12. The van der Waals surface area contributed by atoms with Crippen LogP contribution in [-0.2, 0) is 16.4 Å². The van der Waals surface area contributed by atoms with Crippen molar-refractivity contribution in [1.82, 2.24) is 0 Å². The second kappa shape index (κ2) is 6.16. The number of sulfone groups is 1. The topological polar surface area (TPSA) is 46.2 Å². The quantitative estimate of drug-likeness (QED) is 0.875. The Balaban J connectivity index is 2.24. The summed E-state index contributed by atoms with van der Waals surface area (Å²) in [4.78, 5) is 0.296. The van der Waals surface area contributed by atoms with Crippen LogP contribution in [0.5, 0.6) is 0 Å². The largest absolute Gasteiger partial charge is 0.380 e. The number of benzene rings is 2. The van der Waals surface area contributed by atoms with Gasteiger partial charge in [-0.05, 0) is 29.8 Å². The third-order valence-electron chi connectivity index (χ3n) is 2.77. The van der Waals surface area contributed by atoms with Gasteiger partial charge in [-0.3, -0.25) is 0 Å². The van der Waals surface area contributed by atoms with E-state index in [1.807, 2.05) is 6.07 Å². The van der Waals surface area contributed by atoms with Crippen LogP contribution in [-0.4, -0.2) is 14.7 Å². The molecule has 1 N–H and O–H groups in total. The fourth-order valence-corrected chi connectivity index (χ4v) is 3.48. The van der Waals surface area contributed by atoms with Crippen molar-refractivity contribution in [3.8, 4) is 0 Å². The molecule has 0 aromatic heterocycles. The van der Waals surface area contributed by atoms with Gasteiger partial charge in [-0.1, -0.05) is 45.7 Å². The molecule has 0 aliphatic heterocycles. The molecule has 0 heterocycles. The Labute approximate surface area is 132 Å². The lowest BCUT2D eigenvalue weighted by atomic mass is 10.2. The molecule has 6 heteroatoms. The van der Waals surface area contributed by atoms with Crippen molar-refractivity contribution < 1.29 is 8.42 Å². The molecular formula is C14H13BrClNO2S. The van der Waals surface area contributed by atoms with Gasteiger partial charge in [-0.15, -0.1) is 0 Å². The summed E-state index contributed by atoms with van der Waals surface area (Å²) in [5.74, 6) is 0. The Morgan fingerprint density at radius 1 is 1.20 bits per heavy atom. The molecule has 0 aliphatic carbocycles. The molecule has 2 aromatic carbocycles. The predicted octanol–water partition coefficient (Wildman–Crippen LogP) is 4.12. The van der Waals surface area contributed by atoms with E-state index in [0.717, 1.165) is 10.0 Å². The minimum absolute atomic E-state index is 0.296. The van der Waals surface area contributed by atoms with Gasteiger partial charge in [0, 0.05) is 22.3 Å². The van der Waals surface area contributed by atoms with Crippen LogP contribution in [0.15, 0.2) is 51.8 Å². The average molecular weight is 375 g/mol. The van der Waals surface area contributed by atoms with Crippen molar-refractivity contribution in [3.63, 3.8) is 0 Å². The van der Waals surface area contributed by atoms with Crippen molar-refractivity contribution in [3.05, 3.63) is 57.5 Å². The SMILES string of the molecule is CS(=O)(=O)c1ccccc1NCc1ccc(Cl)cc1Br. The number of rotatable bonds is 4. The number of halogens is 2. The van der Waals surface area contributed by atoms with Crippen LogP contribution in [0.25, 0.3) is 0 Å². The fraction of sp³-hybridized carbons (Fsp3) is 0.143. The van der Waals surface area contributed by atoms with Crippen LogP contribution in [0.1, 0.15) is 5.56 Å². The van der Waals surface area contributed by atoms with E-state index >= 15 is 0 Å².